The van der Waals surface area contributed by atoms with Crippen LogP contribution in [0.4, 0.5) is 0 Å². The van der Waals surface area contributed by atoms with Gasteiger partial charge in [-0.2, -0.15) is 0 Å². The summed E-state index contributed by atoms with van der Waals surface area (Å²) >= 11 is 7.16. The molecule has 0 N–H and O–H groups in total. The number of hydrogen-bond acceptors (Lipinski definition) is 5. The Morgan fingerprint density at radius 3 is 2.50 bits per heavy atom. The van der Waals surface area contributed by atoms with Crippen molar-refractivity contribution in [2.75, 3.05) is 0 Å². The number of aryl methyl sites for hydroxylation is 1. The number of rotatable bonds is 5. The van der Waals surface area contributed by atoms with E-state index in [4.69, 9.17) is 11.6 Å². The Morgan fingerprint density at radius 2 is 1.80 bits per heavy atom. The van der Waals surface area contributed by atoms with Gasteiger partial charge in [-0.1, -0.05) is 41.6 Å². The average molecular weight is 436 g/mol. The summed E-state index contributed by atoms with van der Waals surface area (Å²) in [6, 6.07) is 17.6. The summed E-state index contributed by atoms with van der Waals surface area (Å²) in [7, 11) is 0. The van der Waals surface area contributed by atoms with E-state index < -0.39 is 5.25 Å². The van der Waals surface area contributed by atoms with Gasteiger partial charge in [0.1, 0.15) is 5.82 Å². The van der Waals surface area contributed by atoms with E-state index in [0.29, 0.717) is 32.5 Å². The topological polar surface area (TPSA) is 64.8 Å². The molecule has 0 saturated carbocycles. The number of para-hydroxylation sites is 1. The second-order valence-electron chi connectivity index (χ2n) is 6.88. The van der Waals surface area contributed by atoms with Gasteiger partial charge in [0.05, 0.1) is 16.2 Å². The Hall–Kier alpha value is -2.96. The van der Waals surface area contributed by atoms with Crippen LogP contribution in [0.1, 0.15) is 22.8 Å². The van der Waals surface area contributed by atoms with Crippen molar-refractivity contribution in [2.45, 2.75) is 24.3 Å². The molecule has 0 spiro atoms. The van der Waals surface area contributed by atoms with Crippen LogP contribution in [0.5, 0.6) is 0 Å². The van der Waals surface area contributed by atoms with Crippen molar-refractivity contribution in [2.24, 2.45) is 0 Å². The first-order chi connectivity index (χ1) is 14.4. The third-order valence-corrected chi connectivity index (χ3v) is 5.95. The van der Waals surface area contributed by atoms with E-state index in [1.807, 2.05) is 19.1 Å². The van der Waals surface area contributed by atoms with Gasteiger partial charge in [0.25, 0.3) is 5.56 Å². The van der Waals surface area contributed by atoms with Gasteiger partial charge in [-0.05, 0) is 61.9 Å². The maximum atomic E-state index is 13.3. The number of benzene rings is 2. The lowest BCUT2D eigenvalue weighted by Crippen LogP contribution is -2.24. The lowest BCUT2D eigenvalue weighted by molar-refractivity contribution is 0.0994. The zero-order valence-corrected chi connectivity index (χ0v) is 17.9. The van der Waals surface area contributed by atoms with E-state index >= 15 is 0 Å². The predicted octanol–water partition coefficient (Wildman–Crippen LogP) is 5.11. The smallest absolute Gasteiger partial charge is 0.267 e. The third-order valence-electron chi connectivity index (χ3n) is 4.65. The van der Waals surface area contributed by atoms with Crippen molar-refractivity contribution in [1.82, 2.24) is 14.5 Å². The molecule has 1 atom stereocenters. The molecule has 0 aliphatic carbocycles. The van der Waals surface area contributed by atoms with Gasteiger partial charge in [-0.15, -0.1) is 0 Å². The van der Waals surface area contributed by atoms with E-state index in [1.165, 1.54) is 16.3 Å². The van der Waals surface area contributed by atoms with Gasteiger partial charge in [0.2, 0.25) is 0 Å². The molecule has 0 amide bonds. The first kappa shape index (κ1) is 20.3. The second-order valence-corrected chi connectivity index (χ2v) is 8.62. The van der Waals surface area contributed by atoms with Crippen molar-refractivity contribution in [3.8, 4) is 5.82 Å². The molecule has 150 valence electrons. The van der Waals surface area contributed by atoms with Crippen molar-refractivity contribution < 1.29 is 4.79 Å². The number of nitrogens with zero attached hydrogens (tertiary/aromatic N) is 3. The monoisotopic (exact) mass is 435 g/mol. The largest absolute Gasteiger partial charge is 0.293 e. The molecule has 0 aliphatic heterocycles. The van der Waals surface area contributed by atoms with Crippen molar-refractivity contribution in [3.63, 3.8) is 0 Å². The number of thioether (sulfide) groups is 1. The van der Waals surface area contributed by atoms with E-state index in [2.05, 4.69) is 9.97 Å². The lowest BCUT2D eigenvalue weighted by Gasteiger charge is -2.15. The van der Waals surface area contributed by atoms with Gasteiger partial charge in [0.15, 0.2) is 10.9 Å². The van der Waals surface area contributed by atoms with Crippen LogP contribution in [0.15, 0.2) is 76.8 Å². The molecule has 5 nitrogen and oxygen atoms in total. The van der Waals surface area contributed by atoms with Crippen LogP contribution in [0.3, 0.4) is 0 Å². The molecular weight excluding hydrogens is 418 g/mol. The molecule has 30 heavy (non-hydrogen) atoms. The summed E-state index contributed by atoms with van der Waals surface area (Å²) < 4.78 is 1.47. The minimum absolute atomic E-state index is 0.0671. The van der Waals surface area contributed by atoms with Crippen LogP contribution in [-0.2, 0) is 0 Å². The fourth-order valence-corrected chi connectivity index (χ4v) is 4.16. The van der Waals surface area contributed by atoms with Crippen molar-refractivity contribution >= 4 is 40.0 Å². The molecule has 1 unspecified atom stereocenters. The number of carbonyl (C=O) groups is 1. The van der Waals surface area contributed by atoms with Crippen LogP contribution < -0.4 is 5.56 Å². The average Bonchev–Trinajstić information content (AvgIpc) is 2.75. The Kier molecular flexibility index (Phi) is 5.70. The van der Waals surface area contributed by atoms with Crippen LogP contribution in [0.2, 0.25) is 5.02 Å². The highest BCUT2D eigenvalue weighted by Gasteiger charge is 2.21. The standard InChI is InChI=1S/C23H18ClN3O2S/c1-14-7-12-20(25-13-14)27-22(29)18-5-3-4-6-19(18)26-23(27)30-15(2)21(28)16-8-10-17(24)11-9-16/h3-13,15H,1-2H3. The van der Waals surface area contributed by atoms with Crippen LogP contribution in [0.25, 0.3) is 16.7 Å². The molecule has 0 radical (unpaired) electrons. The highest BCUT2D eigenvalue weighted by molar-refractivity contribution is 8.00. The quantitative estimate of drug-likeness (QED) is 0.248. The zero-order chi connectivity index (χ0) is 21.3. The van der Waals surface area contributed by atoms with Crippen LogP contribution in [0, 0.1) is 6.92 Å². The Morgan fingerprint density at radius 1 is 1.07 bits per heavy atom. The minimum atomic E-state index is -0.462. The van der Waals surface area contributed by atoms with Gasteiger partial charge in [-0.25, -0.2) is 14.5 Å². The predicted molar refractivity (Wildman–Crippen MR) is 121 cm³/mol. The number of pyridine rings is 1. The lowest BCUT2D eigenvalue weighted by atomic mass is 10.1. The maximum absolute atomic E-state index is 13.3. The SMILES string of the molecule is Cc1ccc(-n2c(SC(C)C(=O)c3ccc(Cl)cc3)nc3ccccc3c2=O)nc1. The molecular formula is C23H18ClN3O2S. The fraction of sp³-hybridized carbons (Fsp3) is 0.130. The summed E-state index contributed by atoms with van der Waals surface area (Å²) in [5.74, 6) is 0.403. The van der Waals surface area contributed by atoms with Gasteiger partial charge < -0.3 is 0 Å². The number of halogens is 1. The second kappa shape index (κ2) is 8.42. The normalized spacial score (nSPS) is 12.1. The summed E-state index contributed by atoms with van der Waals surface area (Å²) in [6.45, 7) is 3.73. The molecule has 2 aromatic carbocycles. The number of Topliss-reactive ketones (excluding diaryl/α,β-unsaturated/α-hetero) is 1. The Labute approximate surface area is 182 Å². The molecule has 4 aromatic rings. The molecule has 0 aliphatic rings. The van der Waals surface area contributed by atoms with Gasteiger partial charge in [0, 0.05) is 16.8 Å². The maximum Gasteiger partial charge on any atom is 0.267 e. The molecule has 0 bridgehead atoms. The van der Waals surface area contributed by atoms with Gasteiger partial charge >= 0.3 is 0 Å². The molecule has 2 aromatic heterocycles. The van der Waals surface area contributed by atoms with E-state index in [0.717, 1.165) is 5.56 Å². The highest BCUT2D eigenvalue weighted by atomic mass is 35.5. The molecule has 0 saturated heterocycles. The number of aromatic nitrogens is 3. The third kappa shape index (κ3) is 4.01. The van der Waals surface area contributed by atoms with E-state index in [-0.39, 0.29) is 11.3 Å². The molecule has 2 heterocycles. The van der Waals surface area contributed by atoms with Crippen LogP contribution >= 0.6 is 23.4 Å². The number of fused-ring (bicyclic) bond motifs is 1. The fourth-order valence-electron chi connectivity index (χ4n) is 3.05. The molecule has 4 rings (SSSR count). The molecule has 0 fully saturated rings. The Bertz CT molecular complexity index is 1280. The summed E-state index contributed by atoms with van der Waals surface area (Å²) in [6.07, 6.45) is 1.70. The summed E-state index contributed by atoms with van der Waals surface area (Å²) in [5.41, 5.74) is 1.91. The number of ketones is 1. The van der Waals surface area contributed by atoms with Crippen molar-refractivity contribution in [3.05, 3.63) is 93.4 Å². The summed E-state index contributed by atoms with van der Waals surface area (Å²) in [4.78, 5) is 35.3. The number of hydrogen-bond donors (Lipinski definition) is 0. The minimum Gasteiger partial charge on any atom is -0.293 e. The van der Waals surface area contributed by atoms with E-state index in [1.54, 1.807) is 61.7 Å². The highest BCUT2D eigenvalue weighted by Crippen LogP contribution is 2.27. The van der Waals surface area contributed by atoms with E-state index in [9.17, 15) is 9.59 Å². The number of carbonyl (C=O) groups excluding carboxylic acids is 1. The Balaban J connectivity index is 1.79. The first-order valence-corrected chi connectivity index (χ1v) is 10.6. The van der Waals surface area contributed by atoms with Crippen molar-refractivity contribution in [1.29, 1.82) is 0 Å². The zero-order valence-electron chi connectivity index (χ0n) is 16.4. The summed E-state index contributed by atoms with van der Waals surface area (Å²) in [5, 5.41) is 1.03. The molecule has 7 heteroatoms. The van der Waals surface area contributed by atoms with Crippen LogP contribution in [-0.4, -0.2) is 25.6 Å². The first-order valence-electron chi connectivity index (χ1n) is 9.35. The van der Waals surface area contributed by atoms with Gasteiger partial charge in [-0.3, -0.25) is 9.59 Å².